The van der Waals surface area contributed by atoms with Crippen molar-refractivity contribution in [3.63, 3.8) is 0 Å². The van der Waals surface area contributed by atoms with Crippen LogP contribution in [0.2, 0.25) is 0 Å². The van der Waals surface area contributed by atoms with Crippen molar-refractivity contribution in [1.29, 1.82) is 0 Å². The summed E-state index contributed by atoms with van der Waals surface area (Å²) in [5.74, 6) is 0.0174. The number of hydrogen-bond donors (Lipinski definition) is 2. The Balaban J connectivity index is 1.57. The smallest absolute Gasteiger partial charge is 0.261 e. The van der Waals surface area contributed by atoms with E-state index in [1.165, 1.54) is 16.9 Å². The number of nitrogens with one attached hydrogen (secondary N) is 2. The molecule has 1 heterocycles. The number of aryl methyl sites for hydroxylation is 1. The molecule has 0 bridgehead atoms. The van der Waals surface area contributed by atoms with Crippen molar-refractivity contribution in [3.05, 3.63) is 58.3 Å². The predicted octanol–water partition coefficient (Wildman–Crippen LogP) is 3.09. The minimum absolute atomic E-state index is 0.0174. The van der Waals surface area contributed by atoms with E-state index < -0.39 is 0 Å². The van der Waals surface area contributed by atoms with E-state index in [1.807, 2.05) is 23.6 Å². The lowest BCUT2D eigenvalue weighted by molar-refractivity contribution is 0.0957. The molecule has 3 nitrogen and oxygen atoms in total. The summed E-state index contributed by atoms with van der Waals surface area (Å²) >= 11 is 1.47. The lowest BCUT2D eigenvalue weighted by atomic mass is 10.1. The molecular weight excluding hydrogens is 280 g/mol. The van der Waals surface area contributed by atoms with Gasteiger partial charge in [-0.15, -0.1) is 11.3 Å². The first kappa shape index (κ1) is 15.7. The maximum Gasteiger partial charge on any atom is 0.261 e. The highest BCUT2D eigenvalue weighted by atomic mass is 32.1. The molecule has 0 aliphatic heterocycles. The molecule has 1 aromatic carbocycles. The van der Waals surface area contributed by atoms with Gasteiger partial charge < -0.3 is 10.6 Å². The van der Waals surface area contributed by atoms with Gasteiger partial charge in [-0.2, -0.15) is 0 Å². The second-order valence-corrected chi connectivity index (χ2v) is 6.06. The zero-order valence-corrected chi connectivity index (χ0v) is 13.2. The van der Waals surface area contributed by atoms with E-state index in [1.54, 1.807) is 0 Å². The molecule has 0 unspecified atom stereocenters. The van der Waals surface area contributed by atoms with Gasteiger partial charge in [-0.05, 0) is 36.8 Å². The van der Waals surface area contributed by atoms with Crippen molar-refractivity contribution in [2.75, 3.05) is 13.1 Å². The number of carbonyl (C=O) groups excluding carboxylic acids is 1. The van der Waals surface area contributed by atoms with Crippen LogP contribution >= 0.6 is 11.3 Å². The molecule has 2 rings (SSSR count). The van der Waals surface area contributed by atoms with Crippen molar-refractivity contribution in [2.45, 2.75) is 25.8 Å². The Morgan fingerprint density at radius 2 is 1.95 bits per heavy atom. The van der Waals surface area contributed by atoms with Crippen LogP contribution in [-0.2, 0) is 6.42 Å². The van der Waals surface area contributed by atoms with Crippen molar-refractivity contribution < 1.29 is 4.79 Å². The maximum atomic E-state index is 11.7. The van der Waals surface area contributed by atoms with Crippen LogP contribution in [0.25, 0.3) is 0 Å². The van der Waals surface area contributed by atoms with Crippen LogP contribution in [-0.4, -0.2) is 25.0 Å². The second-order valence-electron chi connectivity index (χ2n) is 5.11. The normalized spacial score (nSPS) is 12.0. The molecule has 0 saturated carbocycles. The molecular formula is C17H22N2OS. The highest BCUT2D eigenvalue weighted by Gasteiger charge is 2.05. The summed E-state index contributed by atoms with van der Waals surface area (Å²) in [4.78, 5) is 12.5. The molecule has 0 saturated heterocycles. The lowest BCUT2D eigenvalue weighted by Gasteiger charge is -2.14. The first-order valence-corrected chi connectivity index (χ1v) is 8.22. The van der Waals surface area contributed by atoms with Gasteiger partial charge in [0.15, 0.2) is 0 Å². The van der Waals surface area contributed by atoms with Gasteiger partial charge in [0.05, 0.1) is 4.88 Å². The summed E-state index contributed by atoms with van der Waals surface area (Å²) in [6.45, 7) is 3.64. The van der Waals surface area contributed by atoms with E-state index >= 15 is 0 Å². The minimum Gasteiger partial charge on any atom is -0.350 e. The van der Waals surface area contributed by atoms with Gasteiger partial charge in [0.2, 0.25) is 0 Å². The Hall–Kier alpha value is -1.65. The number of rotatable bonds is 8. The van der Waals surface area contributed by atoms with Crippen molar-refractivity contribution in [2.24, 2.45) is 0 Å². The fourth-order valence-electron chi connectivity index (χ4n) is 2.12. The molecule has 0 aliphatic carbocycles. The standard InChI is InChI=1S/C17H22N2OS/c1-14(9-10-15-6-3-2-4-7-15)18-11-12-19-17(20)16-8-5-13-21-16/h2-8,13-14,18H,9-12H2,1H3,(H,19,20)/t14-/m1/s1. The Morgan fingerprint density at radius 3 is 2.67 bits per heavy atom. The quantitative estimate of drug-likeness (QED) is 0.736. The molecule has 112 valence electrons. The number of carbonyl (C=O) groups is 1. The van der Waals surface area contributed by atoms with Crippen LogP contribution < -0.4 is 10.6 Å². The van der Waals surface area contributed by atoms with Gasteiger partial charge in [0.1, 0.15) is 0 Å². The van der Waals surface area contributed by atoms with Crippen molar-refractivity contribution in [3.8, 4) is 0 Å². The topological polar surface area (TPSA) is 41.1 Å². The van der Waals surface area contributed by atoms with Crippen LogP contribution in [0.4, 0.5) is 0 Å². The zero-order chi connectivity index (χ0) is 14.9. The van der Waals surface area contributed by atoms with E-state index in [-0.39, 0.29) is 5.91 Å². The third-order valence-electron chi connectivity index (χ3n) is 3.36. The molecule has 1 amide bonds. The van der Waals surface area contributed by atoms with E-state index in [4.69, 9.17) is 0 Å². The average Bonchev–Trinajstić information content (AvgIpc) is 3.05. The molecule has 1 aromatic heterocycles. The van der Waals surface area contributed by atoms with Gasteiger partial charge in [0, 0.05) is 19.1 Å². The highest BCUT2D eigenvalue weighted by Crippen LogP contribution is 2.07. The van der Waals surface area contributed by atoms with Crippen molar-refractivity contribution in [1.82, 2.24) is 10.6 Å². The van der Waals surface area contributed by atoms with Gasteiger partial charge in [-0.25, -0.2) is 0 Å². The molecule has 0 radical (unpaired) electrons. The molecule has 2 N–H and O–H groups in total. The van der Waals surface area contributed by atoms with E-state index in [2.05, 4.69) is 41.8 Å². The van der Waals surface area contributed by atoms with Gasteiger partial charge >= 0.3 is 0 Å². The van der Waals surface area contributed by atoms with Crippen LogP contribution in [0, 0.1) is 0 Å². The van der Waals surface area contributed by atoms with Crippen LogP contribution in [0.1, 0.15) is 28.6 Å². The van der Waals surface area contributed by atoms with Gasteiger partial charge in [-0.1, -0.05) is 36.4 Å². The number of benzene rings is 1. The van der Waals surface area contributed by atoms with E-state index in [0.717, 1.165) is 24.3 Å². The SMILES string of the molecule is C[C@H](CCc1ccccc1)NCCNC(=O)c1cccs1. The third-order valence-corrected chi connectivity index (χ3v) is 4.23. The van der Waals surface area contributed by atoms with E-state index in [0.29, 0.717) is 12.6 Å². The maximum absolute atomic E-state index is 11.7. The summed E-state index contributed by atoms with van der Waals surface area (Å²) < 4.78 is 0. The molecule has 1 atom stereocenters. The fourth-order valence-corrected chi connectivity index (χ4v) is 2.76. The number of amides is 1. The molecule has 0 fully saturated rings. The van der Waals surface area contributed by atoms with Crippen LogP contribution in [0.5, 0.6) is 0 Å². The summed E-state index contributed by atoms with van der Waals surface area (Å²) in [7, 11) is 0. The van der Waals surface area contributed by atoms with Crippen LogP contribution in [0.3, 0.4) is 0 Å². The Morgan fingerprint density at radius 1 is 1.14 bits per heavy atom. The monoisotopic (exact) mass is 302 g/mol. The summed E-state index contributed by atoms with van der Waals surface area (Å²) in [5.41, 5.74) is 1.37. The minimum atomic E-state index is 0.0174. The molecule has 2 aromatic rings. The molecule has 4 heteroatoms. The van der Waals surface area contributed by atoms with Gasteiger partial charge in [0.25, 0.3) is 5.91 Å². The lowest BCUT2D eigenvalue weighted by Crippen LogP contribution is -2.35. The third kappa shape index (κ3) is 5.69. The first-order valence-electron chi connectivity index (χ1n) is 7.34. The predicted molar refractivity (Wildman–Crippen MR) is 88.9 cm³/mol. The van der Waals surface area contributed by atoms with Crippen molar-refractivity contribution >= 4 is 17.2 Å². The summed E-state index contributed by atoms with van der Waals surface area (Å²) in [6, 6.07) is 14.7. The van der Waals surface area contributed by atoms with Gasteiger partial charge in [-0.3, -0.25) is 4.79 Å². The largest absolute Gasteiger partial charge is 0.350 e. The second kappa shape index (κ2) is 8.60. The number of thiophene rings is 1. The van der Waals surface area contributed by atoms with E-state index in [9.17, 15) is 4.79 Å². The Labute approximate surface area is 130 Å². The number of hydrogen-bond acceptors (Lipinski definition) is 3. The van der Waals surface area contributed by atoms with Crippen LogP contribution in [0.15, 0.2) is 47.8 Å². The Bertz CT molecular complexity index is 525. The first-order chi connectivity index (χ1) is 10.3. The summed E-state index contributed by atoms with van der Waals surface area (Å²) in [6.07, 6.45) is 2.18. The zero-order valence-electron chi connectivity index (χ0n) is 12.3. The molecule has 0 spiro atoms. The Kier molecular flexibility index (Phi) is 6.44. The fraction of sp³-hybridized carbons (Fsp3) is 0.353. The summed E-state index contributed by atoms with van der Waals surface area (Å²) in [5, 5.41) is 8.28. The average molecular weight is 302 g/mol. The molecule has 21 heavy (non-hydrogen) atoms. The molecule has 0 aliphatic rings. The highest BCUT2D eigenvalue weighted by molar-refractivity contribution is 7.12.